The second kappa shape index (κ2) is 5.76. The number of anilines is 1. The van der Waals surface area contributed by atoms with E-state index in [1.54, 1.807) is 0 Å². The van der Waals surface area contributed by atoms with Gasteiger partial charge in [-0.05, 0) is 30.5 Å². The Bertz CT molecular complexity index is 620. The van der Waals surface area contributed by atoms with Crippen LogP contribution in [-0.4, -0.2) is 30.1 Å². The SMILES string of the molecule is Nc1nc2ccc(CC(=O)NCC3CCCO3)cc2s1. The van der Waals surface area contributed by atoms with Crippen LogP contribution in [0.15, 0.2) is 18.2 Å². The lowest BCUT2D eigenvalue weighted by atomic mass is 10.1. The molecule has 1 unspecified atom stereocenters. The summed E-state index contributed by atoms with van der Waals surface area (Å²) in [5.74, 6) is 0.0253. The van der Waals surface area contributed by atoms with E-state index < -0.39 is 0 Å². The maximum Gasteiger partial charge on any atom is 0.224 e. The van der Waals surface area contributed by atoms with Crippen molar-refractivity contribution >= 4 is 32.6 Å². The molecule has 1 aliphatic heterocycles. The number of fused-ring (bicyclic) bond motifs is 1. The molecule has 1 aliphatic rings. The van der Waals surface area contributed by atoms with Gasteiger partial charge in [0.05, 0.1) is 22.7 Å². The van der Waals surface area contributed by atoms with Gasteiger partial charge in [0, 0.05) is 13.2 Å². The summed E-state index contributed by atoms with van der Waals surface area (Å²) in [5.41, 5.74) is 7.54. The monoisotopic (exact) mass is 291 g/mol. The summed E-state index contributed by atoms with van der Waals surface area (Å²) in [5, 5.41) is 3.48. The lowest BCUT2D eigenvalue weighted by molar-refractivity contribution is -0.120. The molecule has 2 aromatic rings. The van der Waals surface area contributed by atoms with Crippen molar-refractivity contribution in [2.75, 3.05) is 18.9 Å². The van der Waals surface area contributed by atoms with Gasteiger partial charge in [-0.25, -0.2) is 4.98 Å². The molecule has 3 N–H and O–H groups in total. The molecule has 1 amide bonds. The zero-order valence-corrected chi connectivity index (χ0v) is 11.9. The van der Waals surface area contributed by atoms with Gasteiger partial charge in [0.25, 0.3) is 0 Å². The second-order valence-corrected chi connectivity index (χ2v) is 6.03. The van der Waals surface area contributed by atoms with E-state index >= 15 is 0 Å². The topological polar surface area (TPSA) is 77.2 Å². The van der Waals surface area contributed by atoms with Gasteiger partial charge in [0.1, 0.15) is 0 Å². The fourth-order valence-electron chi connectivity index (χ4n) is 2.38. The van der Waals surface area contributed by atoms with E-state index in [-0.39, 0.29) is 12.0 Å². The van der Waals surface area contributed by atoms with Gasteiger partial charge in [-0.15, -0.1) is 0 Å². The molecule has 1 aromatic carbocycles. The number of hydrogen-bond donors (Lipinski definition) is 2. The fourth-order valence-corrected chi connectivity index (χ4v) is 3.18. The molecule has 0 bridgehead atoms. The normalized spacial score (nSPS) is 18.5. The number of amides is 1. The van der Waals surface area contributed by atoms with Crippen LogP contribution in [0.4, 0.5) is 5.13 Å². The molecular formula is C14H17N3O2S. The van der Waals surface area contributed by atoms with Crippen molar-refractivity contribution < 1.29 is 9.53 Å². The Labute approximate surface area is 121 Å². The highest BCUT2D eigenvalue weighted by atomic mass is 32.1. The molecular weight excluding hydrogens is 274 g/mol. The molecule has 2 heterocycles. The molecule has 1 aromatic heterocycles. The van der Waals surface area contributed by atoms with Crippen molar-refractivity contribution in [2.24, 2.45) is 0 Å². The van der Waals surface area contributed by atoms with Crippen LogP contribution in [0.25, 0.3) is 10.2 Å². The van der Waals surface area contributed by atoms with Crippen molar-refractivity contribution in [1.82, 2.24) is 10.3 Å². The quantitative estimate of drug-likeness (QED) is 0.899. The Hall–Kier alpha value is -1.66. The van der Waals surface area contributed by atoms with Gasteiger partial charge in [0.2, 0.25) is 5.91 Å². The number of nitrogens with one attached hydrogen (secondary N) is 1. The first-order valence-electron chi connectivity index (χ1n) is 6.74. The number of thiazole rings is 1. The average molecular weight is 291 g/mol. The summed E-state index contributed by atoms with van der Waals surface area (Å²) >= 11 is 1.44. The Morgan fingerprint density at radius 2 is 2.45 bits per heavy atom. The van der Waals surface area contributed by atoms with Crippen molar-refractivity contribution in [3.05, 3.63) is 23.8 Å². The molecule has 0 spiro atoms. The zero-order chi connectivity index (χ0) is 13.9. The van der Waals surface area contributed by atoms with Gasteiger partial charge in [-0.3, -0.25) is 4.79 Å². The van der Waals surface area contributed by atoms with Gasteiger partial charge in [-0.2, -0.15) is 0 Å². The molecule has 0 aliphatic carbocycles. The first-order valence-corrected chi connectivity index (χ1v) is 7.55. The Kier molecular flexibility index (Phi) is 3.84. The largest absolute Gasteiger partial charge is 0.376 e. The summed E-state index contributed by atoms with van der Waals surface area (Å²) < 4.78 is 6.50. The molecule has 106 valence electrons. The minimum atomic E-state index is 0.0253. The van der Waals surface area contributed by atoms with E-state index in [1.165, 1.54) is 11.3 Å². The Morgan fingerprint density at radius 3 is 3.25 bits per heavy atom. The summed E-state index contributed by atoms with van der Waals surface area (Å²) in [6, 6.07) is 5.81. The predicted molar refractivity (Wildman–Crippen MR) is 79.7 cm³/mol. The van der Waals surface area contributed by atoms with Crippen molar-refractivity contribution in [2.45, 2.75) is 25.4 Å². The third-order valence-corrected chi connectivity index (χ3v) is 4.23. The van der Waals surface area contributed by atoms with Crippen molar-refractivity contribution in [3.63, 3.8) is 0 Å². The number of benzene rings is 1. The smallest absolute Gasteiger partial charge is 0.224 e. The Morgan fingerprint density at radius 1 is 1.55 bits per heavy atom. The first kappa shape index (κ1) is 13.3. The third kappa shape index (κ3) is 3.08. The number of nitrogen functional groups attached to an aromatic ring is 1. The molecule has 1 saturated heterocycles. The van der Waals surface area contributed by atoms with Crippen LogP contribution in [0.3, 0.4) is 0 Å². The standard InChI is InChI=1S/C14H17N3O2S/c15-14-17-11-4-3-9(6-12(11)20-14)7-13(18)16-8-10-2-1-5-19-10/h3-4,6,10H,1-2,5,7-8H2,(H2,15,17)(H,16,18). The van der Waals surface area contributed by atoms with Crippen molar-refractivity contribution in [3.8, 4) is 0 Å². The van der Waals surface area contributed by atoms with E-state index in [1.807, 2.05) is 18.2 Å². The number of nitrogens with two attached hydrogens (primary N) is 1. The van der Waals surface area contributed by atoms with E-state index in [2.05, 4.69) is 10.3 Å². The van der Waals surface area contributed by atoms with Gasteiger partial charge in [-0.1, -0.05) is 17.4 Å². The zero-order valence-electron chi connectivity index (χ0n) is 11.1. The van der Waals surface area contributed by atoms with Gasteiger partial charge in [0.15, 0.2) is 5.13 Å². The molecule has 0 saturated carbocycles. The fraction of sp³-hybridized carbons (Fsp3) is 0.429. The summed E-state index contributed by atoms with van der Waals surface area (Å²) in [4.78, 5) is 16.1. The number of carbonyl (C=O) groups excluding carboxylic acids is 1. The van der Waals surface area contributed by atoms with Crippen molar-refractivity contribution in [1.29, 1.82) is 0 Å². The highest BCUT2D eigenvalue weighted by molar-refractivity contribution is 7.22. The van der Waals surface area contributed by atoms with Crippen LogP contribution in [-0.2, 0) is 16.0 Å². The third-order valence-electron chi connectivity index (χ3n) is 3.38. The van der Waals surface area contributed by atoms with Crippen LogP contribution >= 0.6 is 11.3 Å². The van der Waals surface area contributed by atoms with Crippen LogP contribution in [0.2, 0.25) is 0 Å². The van der Waals surface area contributed by atoms with E-state index in [0.29, 0.717) is 18.1 Å². The van der Waals surface area contributed by atoms with Crippen LogP contribution in [0, 0.1) is 0 Å². The molecule has 0 radical (unpaired) electrons. The van der Waals surface area contributed by atoms with Gasteiger partial charge >= 0.3 is 0 Å². The lowest BCUT2D eigenvalue weighted by Crippen LogP contribution is -2.32. The van der Waals surface area contributed by atoms with Crippen LogP contribution in [0.5, 0.6) is 0 Å². The van der Waals surface area contributed by atoms with E-state index in [0.717, 1.165) is 35.2 Å². The minimum absolute atomic E-state index is 0.0253. The molecule has 5 nitrogen and oxygen atoms in total. The number of ether oxygens (including phenoxy) is 1. The molecule has 1 fully saturated rings. The molecule has 1 atom stereocenters. The lowest BCUT2D eigenvalue weighted by Gasteiger charge is -2.10. The molecule has 3 rings (SSSR count). The van der Waals surface area contributed by atoms with Crippen LogP contribution in [0.1, 0.15) is 18.4 Å². The second-order valence-electron chi connectivity index (χ2n) is 4.97. The number of carbonyl (C=O) groups is 1. The number of nitrogens with zero attached hydrogens (tertiary/aromatic N) is 1. The number of hydrogen-bond acceptors (Lipinski definition) is 5. The predicted octanol–water partition coefficient (Wildman–Crippen LogP) is 1.72. The van der Waals surface area contributed by atoms with E-state index in [4.69, 9.17) is 10.5 Å². The maximum absolute atomic E-state index is 11.9. The average Bonchev–Trinajstić information content (AvgIpc) is 3.04. The van der Waals surface area contributed by atoms with Crippen LogP contribution < -0.4 is 11.1 Å². The highest BCUT2D eigenvalue weighted by Gasteiger charge is 2.16. The number of rotatable bonds is 4. The minimum Gasteiger partial charge on any atom is -0.376 e. The summed E-state index contributed by atoms with van der Waals surface area (Å²) in [6.07, 6.45) is 2.68. The Balaban J connectivity index is 1.58. The summed E-state index contributed by atoms with van der Waals surface area (Å²) in [7, 11) is 0. The number of aromatic nitrogens is 1. The maximum atomic E-state index is 11.9. The first-order chi connectivity index (χ1) is 9.70. The molecule has 6 heteroatoms. The van der Waals surface area contributed by atoms with Gasteiger partial charge < -0.3 is 15.8 Å². The molecule has 20 heavy (non-hydrogen) atoms. The van der Waals surface area contributed by atoms with E-state index in [9.17, 15) is 4.79 Å². The summed E-state index contributed by atoms with van der Waals surface area (Å²) in [6.45, 7) is 1.42. The highest BCUT2D eigenvalue weighted by Crippen LogP contribution is 2.24.